The van der Waals surface area contributed by atoms with Gasteiger partial charge in [0, 0.05) is 42.8 Å². The standard InChI is InChI=1S/C24H27ClN4O4S/c1-3-32-20-9-11-23(22(17-20)33-4-2)34(30,31)29-15-13-28(14-16-29)24-12-10-21(26-27-24)18-5-7-19(25)8-6-18/h5-12,17H,3-4,13-16H2,1-2H3. The highest BCUT2D eigenvalue weighted by atomic mass is 35.5. The molecule has 0 N–H and O–H groups in total. The molecule has 8 nitrogen and oxygen atoms in total. The summed E-state index contributed by atoms with van der Waals surface area (Å²) in [7, 11) is -3.72. The van der Waals surface area contributed by atoms with Gasteiger partial charge in [-0.1, -0.05) is 23.7 Å². The third-order valence-corrected chi connectivity index (χ3v) is 7.69. The quantitative estimate of drug-likeness (QED) is 0.458. The Balaban J connectivity index is 1.45. The number of benzene rings is 2. The van der Waals surface area contributed by atoms with Crippen LogP contribution in [0.5, 0.6) is 11.5 Å². The van der Waals surface area contributed by atoms with Crippen LogP contribution in [0.15, 0.2) is 59.5 Å². The highest BCUT2D eigenvalue weighted by Crippen LogP contribution is 2.32. The SMILES string of the molecule is CCOc1ccc(S(=O)(=O)N2CCN(c3ccc(-c4ccc(Cl)cc4)nn3)CC2)c(OCC)c1. The number of anilines is 1. The Morgan fingerprint density at radius 1 is 0.882 bits per heavy atom. The minimum absolute atomic E-state index is 0.151. The van der Waals surface area contributed by atoms with Crippen molar-refractivity contribution in [2.24, 2.45) is 0 Å². The number of sulfonamides is 1. The van der Waals surface area contributed by atoms with Gasteiger partial charge in [0.15, 0.2) is 5.82 Å². The van der Waals surface area contributed by atoms with Crippen LogP contribution in [0.25, 0.3) is 11.3 Å². The number of aromatic nitrogens is 2. The van der Waals surface area contributed by atoms with E-state index in [1.165, 1.54) is 4.31 Å². The van der Waals surface area contributed by atoms with E-state index in [0.717, 1.165) is 11.3 Å². The summed E-state index contributed by atoms with van der Waals surface area (Å²) in [5.74, 6) is 1.60. The molecule has 0 amide bonds. The van der Waals surface area contributed by atoms with Crippen LogP contribution in [0.2, 0.25) is 5.02 Å². The molecule has 1 aliphatic heterocycles. The summed E-state index contributed by atoms with van der Waals surface area (Å²) in [5.41, 5.74) is 1.68. The molecule has 2 aromatic carbocycles. The monoisotopic (exact) mass is 502 g/mol. The highest BCUT2D eigenvalue weighted by molar-refractivity contribution is 7.89. The minimum Gasteiger partial charge on any atom is -0.494 e. The third-order valence-electron chi connectivity index (χ3n) is 5.50. The number of nitrogens with zero attached hydrogens (tertiary/aromatic N) is 4. The number of halogens is 1. The number of hydrogen-bond acceptors (Lipinski definition) is 7. The first-order chi connectivity index (χ1) is 16.4. The largest absolute Gasteiger partial charge is 0.494 e. The predicted octanol–water partition coefficient (Wildman–Crippen LogP) is 4.11. The topological polar surface area (TPSA) is 84.9 Å². The Labute approximate surface area is 205 Å². The zero-order valence-corrected chi connectivity index (χ0v) is 20.7. The van der Waals surface area contributed by atoms with Gasteiger partial charge in [-0.2, -0.15) is 4.31 Å². The van der Waals surface area contributed by atoms with Gasteiger partial charge in [-0.3, -0.25) is 0 Å². The molecule has 4 rings (SSSR count). The Bertz CT molecular complexity index is 1210. The van der Waals surface area contributed by atoms with E-state index in [1.54, 1.807) is 18.2 Å². The molecule has 180 valence electrons. The van der Waals surface area contributed by atoms with Crippen LogP contribution in [0.1, 0.15) is 13.8 Å². The normalized spacial score (nSPS) is 14.7. The van der Waals surface area contributed by atoms with Crippen LogP contribution in [0, 0.1) is 0 Å². The smallest absolute Gasteiger partial charge is 0.246 e. The summed E-state index contributed by atoms with van der Waals surface area (Å²) >= 11 is 5.95. The second-order valence-corrected chi connectivity index (χ2v) is 9.99. The summed E-state index contributed by atoms with van der Waals surface area (Å²) < 4.78 is 39.3. The zero-order valence-electron chi connectivity index (χ0n) is 19.1. The fourth-order valence-corrected chi connectivity index (χ4v) is 5.45. The number of ether oxygens (including phenoxy) is 2. The lowest BCUT2D eigenvalue weighted by Gasteiger charge is -2.34. The number of rotatable bonds is 8. The molecule has 34 heavy (non-hydrogen) atoms. The van der Waals surface area contributed by atoms with E-state index in [2.05, 4.69) is 10.2 Å². The lowest BCUT2D eigenvalue weighted by molar-refractivity contribution is 0.314. The van der Waals surface area contributed by atoms with Crippen molar-refractivity contribution in [3.63, 3.8) is 0 Å². The lowest BCUT2D eigenvalue weighted by atomic mass is 10.1. The maximum Gasteiger partial charge on any atom is 0.246 e. The summed E-state index contributed by atoms with van der Waals surface area (Å²) in [5, 5.41) is 9.35. The lowest BCUT2D eigenvalue weighted by Crippen LogP contribution is -2.49. The van der Waals surface area contributed by atoms with Gasteiger partial charge >= 0.3 is 0 Å². The van der Waals surface area contributed by atoms with Gasteiger partial charge in [0.2, 0.25) is 10.0 Å². The molecule has 10 heteroatoms. The van der Waals surface area contributed by atoms with E-state index in [1.807, 2.05) is 55.1 Å². The summed E-state index contributed by atoms with van der Waals surface area (Å²) in [6, 6.07) is 16.1. The van der Waals surface area contributed by atoms with E-state index in [-0.39, 0.29) is 4.90 Å². The van der Waals surface area contributed by atoms with Crippen molar-refractivity contribution in [3.8, 4) is 22.8 Å². The van der Waals surface area contributed by atoms with Gasteiger partial charge in [0.25, 0.3) is 0 Å². The molecule has 0 saturated carbocycles. The molecule has 3 aromatic rings. The Morgan fingerprint density at radius 3 is 2.21 bits per heavy atom. The van der Waals surface area contributed by atoms with Crippen LogP contribution in [0.3, 0.4) is 0 Å². The molecule has 0 unspecified atom stereocenters. The van der Waals surface area contributed by atoms with Crippen LogP contribution >= 0.6 is 11.6 Å². The maximum atomic E-state index is 13.4. The molecule has 0 spiro atoms. The molecular weight excluding hydrogens is 476 g/mol. The van der Waals surface area contributed by atoms with Crippen molar-refractivity contribution in [3.05, 3.63) is 59.6 Å². The van der Waals surface area contributed by atoms with E-state index in [9.17, 15) is 8.42 Å². The van der Waals surface area contributed by atoms with Gasteiger partial charge in [0.05, 0.1) is 18.9 Å². The van der Waals surface area contributed by atoms with Gasteiger partial charge in [0.1, 0.15) is 16.4 Å². The van der Waals surface area contributed by atoms with Crippen LogP contribution in [-0.2, 0) is 10.0 Å². The summed E-state index contributed by atoms with van der Waals surface area (Å²) in [4.78, 5) is 2.19. The first-order valence-electron chi connectivity index (χ1n) is 11.2. The molecular formula is C24H27ClN4O4S. The second kappa shape index (κ2) is 10.6. The molecule has 1 aliphatic rings. The highest BCUT2D eigenvalue weighted by Gasteiger charge is 2.31. The Morgan fingerprint density at radius 2 is 1.59 bits per heavy atom. The summed E-state index contributed by atoms with van der Waals surface area (Å²) in [6.07, 6.45) is 0. The van der Waals surface area contributed by atoms with Crippen molar-refractivity contribution < 1.29 is 17.9 Å². The van der Waals surface area contributed by atoms with Crippen molar-refractivity contribution >= 4 is 27.4 Å². The van der Waals surface area contributed by atoms with Crippen molar-refractivity contribution in [1.29, 1.82) is 0 Å². The van der Waals surface area contributed by atoms with Crippen LogP contribution in [-0.4, -0.2) is 62.3 Å². The fourth-order valence-electron chi connectivity index (χ4n) is 3.79. The molecule has 1 aromatic heterocycles. The maximum absolute atomic E-state index is 13.4. The van der Waals surface area contributed by atoms with Crippen molar-refractivity contribution in [1.82, 2.24) is 14.5 Å². The molecule has 0 atom stereocenters. The molecule has 1 saturated heterocycles. The minimum atomic E-state index is -3.72. The zero-order chi connectivity index (χ0) is 24.1. The molecule has 0 aliphatic carbocycles. The van der Waals surface area contributed by atoms with Gasteiger partial charge < -0.3 is 14.4 Å². The second-order valence-electron chi connectivity index (χ2n) is 7.65. The molecule has 2 heterocycles. The fraction of sp³-hybridized carbons (Fsp3) is 0.333. The van der Waals surface area contributed by atoms with Gasteiger partial charge in [-0.25, -0.2) is 8.42 Å². The molecule has 1 fully saturated rings. The van der Waals surface area contributed by atoms with Crippen LogP contribution in [0.4, 0.5) is 5.82 Å². The molecule has 0 bridgehead atoms. The first-order valence-corrected chi connectivity index (χ1v) is 13.0. The Kier molecular flexibility index (Phi) is 7.55. The average Bonchev–Trinajstić information content (AvgIpc) is 2.85. The summed E-state index contributed by atoms with van der Waals surface area (Å²) in [6.45, 7) is 6.23. The van der Waals surface area contributed by atoms with Crippen molar-refractivity contribution in [2.45, 2.75) is 18.7 Å². The average molecular weight is 503 g/mol. The van der Waals surface area contributed by atoms with E-state index in [0.29, 0.717) is 61.7 Å². The van der Waals surface area contributed by atoms with Gasteiger partial charge in [-0.15, -0.1) is 10.2 Å². The van der Waals surface area contributed by atoms with Gasteiger partial charge in [-0.05, 0) is 50.2 Å². The van der Waals surface area contributed by atoms with E-state index in [4.69, 9.17) is 21.1 Å². The van der Waals surface area contributed by atoms with Crippen molar-refractivity contribution in [2.75, 3.05) is 44.3 Å². The predicted molar refractivity (Wildman–Crippen MR) is 132 cm³/mol. The number of hydrogen-bond donors (Lipinski definition) is 0. The van der Waals surface area contributed by atoms with E-state index < -0.39 is 10.0 Å². The first kappa shape index (κ1) is 24.3. The van der Waals surface area contributed by atoms with E-state index >= 15 is 0 Å². The van der Waals surface area contributed by atoms with Crippen LogP contribution < -0.4 is 14.4 Å². The number of piperazine rings is 1. The molecule has 0 radical (unpaired) electrons. The third kappa shape index (κ3) is 5.27. The Hall–Kier alpha value is -2.88.